The minimum absolute atomic E-state index is 0.276. The second-order valence-electron chi connectivity index (χ2n) is 4.76. The smallest absolute Gasteiger partial charge is 0.401 e. The Morgan fingerprint density at radius 1 is 1.25 bits per heavy atom. The lowest BCUT2D eigenvalue weighted by molar-refractivity contribution is -0.151. The zero-order chi connectivity index (χ0) is 15.3. The second-order valence-corrected chi connectivity index (χ2v) is 4.76. The minimum atomic E-state index is -4.24. The van der Waals surface area contributed by atoms with Crippen molar-refractivity contribution >= 4 is 0 Å². The Morgan fingerprint density at radius 2 is 1.80 bits per heavy atom. The van der Waals surface area contributed by atoms with Gasteiger partial charge in [-0.05, 0) is 31.2 Å². The number of methoxy groups -OCH3 is 1. The maximum absolute atomic E-state index is 12.6. The summed E-state index contributed by atoms with van der Waals surface area (Å²) in [6, 6.07) is 6.08. The highest BCUT2D eigenvalue weighted by Crippen LogP contribution is 2.28. The predicted octanol–water partition coefficient (Wildman–Crippen LogP) is 2.97. The first-order valence-electron chi connectivity index (χ1n) is 6.48. The molecule has 2 atom stereocenters. The summed E-state index contributed by atoms with van der Waals surface area (Å²) in [5.74, 6) is 0.663. The first-order chi connectivity index (χ1) is 9.28. The van der Waals surface area contributed by atoms with Gasteiger partial charge in [-0.25, -0.2) is 0 Å². The van der Waals surface area contributed by atoms with Gasteiger partial charge in [0.2, 0.25) is 0 Å². The number of hydrogen-bond acceptors (Lipinski definition) is 3. The first kappa shape index (κ1) is 16.8. The van der Waals surface area contributed by atoms with E-state index in [1.165, 1.54) is 4.90 Å². The summed E-state index contributed by atoms with van der Waals surface area (Å²) in [6.07, 6.45) is -4.24. The van der Waals surface area contributed by atoms with Crippen LogP contribution in [0.2, 0.25) is 0 Å². The van der Waals surface area contributed by atoms with Crippen LogP contribution >= 0.6 is 0 Å². The Balaban J connectivity index is 3.01. The summed E-state index contributed by atoms with van der Waals surface area (Å²) >= 11 is 0. The van der Waals surface area contributed by atoms with Crippen molar-refractivity contribution in [1.82, 2.24) is 4.90 Å². The predicted molar refractivity (Wildman–Crippen MR) is 72.7 cm³/mol. The van der Waals surface area contributed by atoms with Crippen LogP contribution in [0.15, 0.2) is 24.3 Å². The van der Waals surface area contributed by atoms with Crippen LogP contribution in [0.5, 0.6) is 5.75 Å². The van der Waals surface area contributed by atoms with Crippen molar-refractivity contribution in [3.63, 3.8) is 0 Å². The van der Waals surface area contributed by atoms with Crippen LogP contribution in [-0.4, -0.2) is 37.3 Å². The summed E-state index contributed by atoms with van der Waals surface area (Å²) < 4.78 is 43.0. The molecule has 1 rings (SSSR count). The minimum Gasteiger partial charge on any atom is -0.497 e. The molecule has 0 saturated carbocycles. The molecule has 0 aliphatic heterocycles. The van der Waals surface area contributed by atoms with Gasteiger partial charge in [-0.3, -0.25) is 4.90 Å². The summed E-state index contributed by atoms with van der Waals surface area (Å²) in [6.45, 7) is 2.72. The highest BCUT2D eigenvalue weighted by molar-refractivity contribution is 5.30. The molecule has 0 aliphatic rings. The Labute approximate surface area is 117 Å². The van der Waals surface area contributed by atoms with Crippen molar-refractivity contribution in [2.45, 2.75) is 32.1 Å². The molecule has 0 aliphatic carbocycles. The molecule has 0 fully saturated rings. The van der Waals surface area contributed by atoms with E-state index in [4.69, 9.17) is 10.5 Å². The number of nitrogens with zero attached hydrogens (tertiary/aromatic N) is 1. The zero-order valence-electron chi connectivity index (χ0n) is 11.9. The van der Waals surface area contributed by atoms with E-state index in [1.54, 1.807) is 45.2 Å². The van der Waals surface area contributed by atoms with E-state index >= 15 is 0 Å². The molecule has 6 heteroatoms. The zero-order valence-corrected chi connectivity index (χ0v) is 11.9. The molecular formula is C14H21F3N2O. The van der Waals surface area contributed by atoms with E-state index in [0.29, 0.717) is 5.75 Å². The Kier molecular flexibility index (Phi) is 5.83. The van der Waals surface area contributed by atoms with E-state index in [0.717, 1.165) is 5.56 Å². The molecule has 114 valence electrons. The van der Waals surface area contributed by atoms with Gasteiger partial charge in [0.1, 0.15) is 5.75 Å². The van der Waals surface area contributed by atoms with Gasteiger partial charge in [-0.1, -0.05) is 19.1 Å². The van der Waals surface area contributed by atoms with Crippen molar-refractivity contribution in [1.29, 1.82) is 0 Å². The van der Waals surface area contributed by atoms with Gasteiger partial charge in [0.15, 0.2) is 0 Å². The highest BCUT2D eigenvalue weighted by Gasteiger charge is 2.34. The number of alkyl halides is 3. The SMILES string of the molecule is CCN(CC(F)(F)F)C(c1ccc(OC)cc1)C(C)N. The van der Waals surface area contributed by atoms with Crippen LogP contribution in [0.4, 0.5) is 13.2 Å². The molecular weight excluding hydrogens is 269 g/mol. The molecule has 0 saturated heterocycles. The van der Waals surface area contributed by atoms with E-state index in [2.05, 4.69) is 0 Å². The second kappa shape index (κ2) is 6.95. The van der Waals surface area contributed by atoms with E-state index in [-0.39, 0.29) is 6.54 Å². The fraction of sp³-hybridized carbons (Fsp3) is 0.571. The molecule has 0 heterocycles. The van der Waals surface area contributed by atoms with Crippen LogP contribution in [-0.2, 0) is 0 Å². The summed E-state index contributed by atoms with van der Waals surface area (Å²) in [5.41, 5.74) is 6.65. The Hall–Kier alpha value is -1.27. The van der Waals surface area contributed by atoms with E-state index < -0.39 is 24.8 Å². The Bertz CT molecular complexity index is 404. The van der Waals surface area contributed by atoms with Crippen LogP contribution < -0.4 is 10.5 Å². The van der Waals surface area contributed by atoms with Gasteiger partial charge in [0.05, 0.1) is 13.7 Å². The van der Waals surface area contributed by atoms with Crippen molar-refractivity contribution in [3.8, 4) is 5.75 Å². The lowest BCUT2D eigenvalue weighted by Gasteiger charge is -2.34. The molecule has 1 aromatic carbocycles. The van der Waals surface area contributed by atoms with Gasteiger partial charge in [-0.2, -0.15) is 13.2 Å². The normalized spacial score (nSPS) is 15.2. The molecule has 2 unspecified atom stereocenters. The molecule has 0 bridgehead atoms. The molecule has 0 amide bonds. The van der Waals surface area contributed by atoms with Crippen LogP contribution in [0.3, 0.4) is 0 Å². The largest absolute Gasteiger partial charge is 0.497 e. The highest BCUT2D eigenvalue weighted by atomic mass is 19.4. The fourth-order valence-corrected chi connectivity index (χ4v) is 2.29. The molecule has 3 nitrogen and oxygen atoms in total. The molecule has 1 aromatic rings. The van der Waals surface area contributed by atoms with Gasteiger partial charge < -0.3 is 10.5 Å². The number of likely N-dealkylation sites (N-methyl/N-ethyl adjacent to an activating group) is 1. The average Bonchev–Trinajstić information content (AvgIpc) is 2.36. The molecule has 2 N–H and O–H groups in total. The summed E-state index contributed by atoms with van der Waals surface area (Å²) in [7, 11) is 1.54. The van der Waals surface area contributed by atoms with E-state index in [1.807, 2.05) is 0 Å². The average molecular weight is 290 g/mol. The topological polar surface area (TPSA) is 38.5 Å². The third kappa shape index (κ3) is 4.68. The molecule has 0 radical (unpaired) electrons. The maximum Gasteiger partial charge on any atom is 0.401 e. The maximum atomic E-state index is 12.6. The van der Waals surface area contributed by atoms with Crippen molar-refractivity contribution in [3.05, 3.63) is 29.8 Å². The Morgan fingerprint density at radius 3 is 2.15 bits per heavy atom. The quantitative estimate of drug-likeness (QED) is 0.875. The van der Waals surface area contributed by atoms with E-state index in [9.17, 15) is 13.2 Å². The van der Waals surface area contributed by atoms with Gasteiger partial charge in [-0.15, -0.1) is 0 Å². The van der Waals surface area contributed by atoms with Gasteiger partial charge >= 0.3 is 6.18 Å². The third-order valence-electron chi connectivity index (χ3n) is 3.14. The molecule has 0 aromatic heterocycles. The van der Waals surface area contributed by atoms with Crippen LogP contribution in [0, 0.1) is 0 Å². The van der Waals surface area contributed by atoms with Gasteiger partial charge in [0, 0.05) is 12.1 Å². The standard InChI is InChI=1S/C14H21F3N2O/c1-4-19(9-14(15,16)17)13(10(2)18)11-5-7-12(20-3)8-6-11/h5-8,10,13H,4,9,18H2,1-3H3. The monoisotopic (exact) mass is 290 g/mol. The number of ether oxygens (including phenoxy) is 1. The summed E-state index contributed by atoms with van der Waals surface area (Å²) in [5, 5.41) is 0. The van der Waals surface area contributed by atoms with Crippen LogP contribution in [0.1, 0.15) is 25.5 Å². The molecule has 20 heavy (non-hydrogen) atoms. The van der Waals surface area contributed by atoms with Crippen LogP contribution in [0.25, 0.3) is 0 Å². The summed E-state index contributed by atoms with van der Waals surface area (Å²) in [4.78, 5) is 1.34. The molecule has 0 spiro atoms. The lowest BCUT2D eigenvalue weighted by Crippen LogP contribution is -2.43. The lowest BCUT2D eigenvalue weighted by atomic mass is 9.99. The fourth-order valence-electron chi connectivity index (χ4n) is 2.29. The number of rotatable bonds is 6. The number of benzene rings is 1. The number of halogens is 3. The third-order valence-corrected chi connectivity index (χ3v) is 3.14. The first-order valence-corrected chi connectivity index (χ1v) is 6.48. The van der Waals surface area contributed by atoms with Crippen molar-refractivity contribution in [2.24, 2.45) is 5.73 Å². The van der Waals surface area contributed by atoms with Crippen molar-refractivity contribution < 1.29 is 17.9 Å². The van der Waals surface area contributed by atoms with Crippen molar-refractivity contribution in [2.75, 3.05) is 20.2 Å². The number of hydrogen-bond donors (Lipinski definition) is 1. The van der Waals surface area contributed by atoms with Gasteiger partial charge in [0.25, 0.3) is 0 Å². The number of nitrogens with two attached hydrogens (primary N) is 1.